The Hall–Kier alpha value is -2.31. The number of urea groups is 1. The molecular weight excluding hydrogens is 262 g/mol. The lowest BCUT2D eigenvalue weighted by molar-refractivity contribution is -0.136. The lowest BCUT2D eigenvalue weighted by atomic mass is 10.3. The molecule has 1 aliphatic heterocycles. The van der Waals surface area contributed by atoms with E-state index in [0.717, 1.165) is 10.6 Å². The van der Waals surface area contributed by atoms with Gasteiger partial charge in [-0.05, 0) is 26.0 Å². The summed E-state index contributed by atoms with van der Waals surface area (Å²) in [6.07, 6.45) is -0.999. The molecule has 1 aromatic heterocycles. The van der Waals surface area contributed by atoms with Crippen LogP contribution >= 0.6 is 0 Å². The molecule has 0 aliphatic carbocycles. The fourth-order valence-corrected chi connectivity index (χ4v) is 1.99. The van der Waals surface area contributed by atoms with Crippen LogP contribution in [0.15, 0.2) is 12.1 Å². The zero-order valence-corrected chi connectivity index (χ0v) is 11.7. The smallest absolute Gasteiger partial charge is 0.355 e. The number of nitrogens with one attached hydrogen (secondary N) is 1. The van der Waals surface area contributed by atoms with Crippen LogP contribution in [0, 0.1) is 6.92 Å². The van der Waals surface area contributed by atoms with Crippen molar-refractivity contribution in [2.45, 2.75) is 20.0 Å². The Balaban J connectivity index is 2.02. The van der Waals surface area contributed by atoms with Crippen LogP contribution in [0.4, 0.5) is 4.79 Å². The van der Waals surface area contributed by atoms with Gasteiger partial charge < -0.3 is 14.6 Å². The Kier molecular flexibility index (Phi) is 3.78. The number of esters is 1. The summed E-state index contributed by atoms with van der Waals surface area (Å²) in [6.45, 7) is 4.03. The fraction of sp³-hybridized carbons (Fsp3) is 0.462. The molecule has 1 aliphatic rings. The third kappa shape index (κ3) is 2.52. The minimum absolute atomic E-state index is 0.294. The van der Waals surface area contributed by atoms with Gasteiger partial charge in [0.05, 0.1) is 0 Å². The zero-order valence-electron chi connectivity index (χ0n) is 11.7. The largest absolute Gasteiger partial charge is 0.448 e. The van der Waals surface area contributed by atoms with Crippen molar-refractivity contribution in [2.24, 2.45) is 7.05 Å². The van der Waals surface area contributed by atoms with Gasteiger partial charge in [0.2, 0.25) is 0 Å². The van der Waals surface area contributed by atoms with E-state index in [2.05, 4.69) is 5.32 Å². The van der Waals surface area contributed by atoms with Crippen molar-refractivity contribution >= 4 is 17.9 Å². The monoisotopic (exact) mass is 279 g/mol. The third-order valence-corrected chi connectivity index (χ3v) is 3.34. The number of carbonyl (C=O) groups excluding carboxylic acids is 3. The van der Waals surface area contributed by atoms with Gasteiger partial charge in [-0.1, -0.05) is 0 Å². The summed E-state index contributed by atoms with van der Waals surface area (Å²) in [6, 6.07) is 2.97. The first-order chi connectivity index (χ1) is 9.41. The molecule has 7 nitrogen and oxygen atoms in total. The van der Waals surface area contributed by atoms with Crippen LogP contribution in [0.5, 0.6) is 0 Å². The van der Waals surface area contributed by atoms with Crippen LogP contribution in [0.3, 0.4) is 0 Å². The maximum atomic E-state index is 12.0. The highest BCUT2D eigenvalue weighted by Gasteiger charge is 2.32. The Bertz CT molecular complexity index is 564. The molecule has 7 heteroatoms. The molecule has 2 heterocycles. The van der Waals surface area contributed by atoms with E-state index in [1.165, 1.54) is 6.92 Å². The first-order valence-electron chi connectivity index (χ1n) is 6.34. The van der Waals surface area contributed by atoms with Crippen molar-refractivity contribution in [1.29, 1.82) is 0 Å². The molecule has 0 radical (unpaired) electrons. The summed E-state index contributed by atoms with van der Waals surface area (Å²) in [5.74, 6) is -1.10. The van der Waals surface area contributed by atoms with Crippen LogP contribution in [0.1, 0.15) is 23.1 Å². The summed E-state index contributed by atoms with van der Waals surface area (Å²) < 4.78 is 6.80. The van der Waals surface area contributed by atoms with Crippen molar-refractivity contribution in [3.63, 3.8) is 0 Å². The van der Waals surface area contributed by atoms with Crippen LogP contribution < -0.4 is 5.32 Å². The van der Waals surface area contributed by atoms with Gasteiger partial charge in [0.15, 0.2) is 6.10 Å². The molecule has 20 heavy (non-hydrogen) atoms. The summed E-state index contributed by atoms with van der Waals surface area (Å²) in [5, 5.41) is 2.52. The van der Waals surface area contributed by atoms with Gasteiger partial charge in [-0.3, -0.25) is 9.69 Å². The summed E-state index contributed by atoms with van der Waals surface area (Å²) >= 11 is 0. The maximum absolute atomic E-state index is 12.0. The van der Waals surface area contributed by atoms with Crippen LogP contribution in [0.25, 0.3) is 0 Å². The van der Waals surface area contributed by atoms with Crippen molar-refractivity contribution in [2.75, 3.05) is 13.1 Å². The molecule has 0 saturated carbocycles. The number of ether oxygens (including phenoxy) is 1. The van der Waals surface area contributed by atoms with Gasteiger partial charge >= 0.3 is 12.0 Å². The number of aromatic nitrogens is 1. The molecule has 2 rings (SSSR count). The third-order valence-electron chi connectivity index (χ3n) is 3.34. The van der Waals surface area contributed by atoms with E-state index >= 15 is 0 Å². The van der Waals surface area contributed by atoms with E-state index in [1.54, 1.807) is 23.7 Å². The molecule has 1 N–H and O–H groups in total. The second-order valence-corrected chi connectivity index (χ2v) is 4.69. The zero-order chi connectivity index (χ0) is 14.9. The summed E-state index contributed by atoms with van der Waals surface area (Å²) in [4.78, 5) is 36.4. The van der Waals surface area contributed by atoms with Crippen LogP contribution in [-0.2, 0) is 16.6 Å². The first-order valence-corrected chi connectivity index (χ1v) is 6.34. The quantitative estimate of drug-likeness (QED) is 0.814. The Morgan fingerprint density at radius 3 is 2.60 bits per heavy atom. The molecule has 1 atom stereocenters. The minimum Gasteiger partial charge on any atom is -0.448 e. The lowest BCUT2D eigenvalue weighted by Gasteiger charge is -2.18. The van der Waals surface area contributed by atoms with Gasteiger partial charge in [-0.15, -0.1) is 0 Å². The van der Waals surface area contributed by atoms with E-state index in [1.807, 2.05) is 6.92 Å². The summed E-state index contributed by atoms with van der Waals surface area (Å²) in [7, 11) is 1.74. The van der Waals surface area contributed by atoms with Gasteiger partial charge in [0.25, 0.3) is 5.91 Å². The first kappa shape index (κ1) is 14.1. The van der Waals surface area contributed by atoms with Crippen molar-refractivity contribution < 1.29 is 19.1 Å². The van der Waals surface area contributed by atoms with Gasteiger partial charge in [0.1, 0.15) is 5.69 Å². The standard InChI is InChI=1S/C13H17N3O4/c1-8-4-5-10(15(8)3)12(18)20-9(2)11(17)16-7-6-14-13(16)19/h4-5,9H,6-7H2,1-3H3,(H,14,19)/t9-/m1/s1. The van der Waals surface area contributed by atoms with Crippen molar-refractivity contribution in [3.05, 3.63) is 23.5 Å². The van der Waals surface area contributed by atoms with Gasteiger partial charge in [-0.25, -0.2) is 9.59 Å². The topological polar surface area (TPSA) is 80.6 Å². The highest BCUT2D eigenvalue weighted by molar-refractivity contribution is 5.99. The molecule has 0 spiro atoms. The molecule has 108 valence electrons. The fourth-order valence-electron chi connectivity index (χ4n) is 1.99. The number of nitrogens with zero attached hydrogens (tertiary/aromatic N) is 2. The highest BCUT2D eigenvalue weighted by atomic mass is 16.5. The van der Waals surface area contributed by atoms with Crippen molar-refractivity contribution in [1.82, 2.24) is 14.8 Å². The molecule has 3 amide bonds. The Morgan fingerprint density at radius 2 is 2.10 bits per heavy atom. The molecule has 1 fully saturated rings. The number of imide groups is 1. The van der Waals surface area contributed by atoms with E-state index in [0.29, 0.717) is 18.8 Å². The normalized spacial score (nSPS) is 15.9. The SMILES string of the molecule is Cc1ccc(C(=O)O[C@H](C)C(=O)N2CCNC2=O)n1C. The Labute approximate surface area is 116 Å². The van der Waals surface area contributed by atoms with E-state index in [9.17, 15) is 14.4 Å². The van der Waals surface area contributed by atoms with E-state index < -0.39 is 24.0 Å². The Morgan fingerprint density at radius 1 is 1.40 bits per heavy atom. The van der Waals surface area contributed by atoms with E-state index in [4.69, 9.17) is 4.74 Å². The number of aryl methyl sites for hydroxylation is 1. The van der Waals surface area contributed by atoms with E-state index in [-0.39, 0.29) is 0 Å². The number of carbonyl (C=O) groups is 3. The number of hydrogen-bond donors (Lipinski definition) is 1. The second kappa shape index (κ2) is 5.36. The summed E-state index contributed by atoms with van der Waals surface area (Å²) in [5.41, 5.74) is 1.28. The van der Waals surface area contributed by atoms with Crippen LogP contribution in [-0.4, -0.2) is 46.6 Å². The predicted molar refractivity (Wildman–Crippen MR) is 70.1 cm³/mol. The minimum atomic E-state index is -0.999. The molecule has 0 aromatic carbocycles. The van der Waals surface area contributed by atoms with Gasteiger partial charge in [-0.2, -0.15) is 0 Å². The molecule has 0 unspecified atom stereocenters. The predicted octanol–water partition coefficient (Wildman–Crippen LogP) is 0.431. The molecule has 1 saturated heterocycles. The lowest BCUT2D eigenvalue weighted by Crippen LogP contribution is -2.41. The number of rotatable bonds is 3. The van der Waals surface area contributed by atoms with Gasteiger partial charge in [0, 0.05) is 25.8 Å². The van der Waals surface area contributed by atoms with Crippen molar-refractivity contribution in [3.8, 4) is 0 Å². The number of amides is 3. The molecule has 1 aromatic rings. The maximum Gasteiger partial charge on any atom is 0.355 e. The number of hydrogen-bond acceptors (Lipinski definition) is 4. The average molecular weight is 279 g/mol. The second-order valence-electron chi connectivity index (χ2n) is 4.69. The average Bonchev–Trinajstić information content (AvgIpc) is 2.96. The molecular formula is C13H17N3O4. The molecule has 0 bridgehead atoms. The van der Waals surface area contributed by atoms with Crippen LogP contribution in [0.2, 0.25) is 0 Å². The highest BCUT2D eigenvalue weighted by Crippen LogP contribution is 2.10.